The van der Waals surface area contributed by atoms with E-state index < -0.39 is 0 Å². The Morgan fingerprint density at radius 1 is 1.43 bits per heavy atom. The molecule has 1 aliphatic heterocycles. The van der Waals surface area contributed by atoms with E-state index in [1.54, 1.807) is 4.40 Å². The molecule has 0 aromatic carbocycles. The van der Waals surface area contributed by atoms with Crippen molar-refractivity contribution in [2.45, 2.75) is 19.0 Å². The fraction of sp³-hybridized carbons (Fsp3) is 0.417. The van der Waals surface area contributed by atoms with E-state index in [0.29, 0.717) is 24.0 Å². The fourth-order valence-electron chi connectivity index (χ4n) is 2.21. The van der Waals surface area contributed by atoms with E-state index in [1.807, 2.05) is 19.9 Å². The summed E-state index contributed by atoms with van der Waals surface area (Å²) >= 11 is 1.25. The predicted octanol–water partition coefficient (Wildman–Crippen LogP) is 0.385. The highest BCUT2D eigenvalue weighted by atomic mass is 32.2. The van der Waals surface area contributed by atoms with Gasteiger partial charge in [-0.2, -0.15) is 0 Å². The highest BCUT2D eigenvalue weighted by Crippen LogP contribution is 2.19. The molecular formula is C12H14N6O2S. The van der Waals surface area contributed by atoms with Crippen molar-refractivity contribution in [1.82, 2.24) is 29.8 Å². The van der Waals surface area contributed by atoms with Crippen LogP contribution in [0.5, 0.6) is 0 Å². The second kappa shape index (κ2) is 5.32. The number of aromatic nitrogens is 4. The quantitative estimate of drug-likeness (QED) is 0.824. The fourth-order valence-corrected chi connectivity index (χ4v) is 3.07. The summed E-state index contributed by atoms with van der Waals surface area (Å²) in [5.74, 6) is 0.424. The Hall–Kier alpha value is -2.16. The van der Waals surface area contributed by atoms with Crippen LogP contribution in [-0.2, 0) is 4.79 Å². The van der Waals surface area contributed by atoms with Gasteiger partial charge in [0.05, 0.1) is 5.75 Å². The van der Waals surface area contributed by atoms with Crippen LogP contribution in [0.15, 0.2) is 11.2 Å². The van der Waals surface area contributed by atoms with E-state index in [1.165, 1.54) is 16.7 Å². The van der Waals surface area contributed by atoms with E-state index >= 15 is 0 Å². The molecule has 8 nitrogen and oxygen atoms in total. The van der Waals surface area contributed by atoms with Gasteiger partial charge in [-0.3, -0.25) is 14.1 Å². The first-order valence-corrected chi connectivity index (χ1v) is 7.45. The van der Waals surface area contributed by atoms with Gasteiger partial charge in [-0.05, 0) is 19.9 Å². The van der Waals surface area contributed by atoms with Crippen molar-refractivity contribution in [3.05, 3.63) is 17.5 Å². The standard InChI is InChI=1S/C12H14N6O2S/c1-7-5-8(2)18-10(14-7)15-16-12(18)21-6-9(19)17-4-3-13-11(17)20/h5H,3-4,6H2,1-2H3,(H,13,20). The molecule has 1 aliphatic rings. The Morgan fingerprint density at radius 3 is 2.95 bits per heavy atom. The van der Waals surface area contributed by atoms with Crippen LogP contribution in [0, 0.1) is 13.8 Å². The molecule has 3 amide bonds. The lowest BCUT2D eigenvalue weighted by molar-refractivity contribution is -0.124. The van der Waals surface area contributed by atoms with Gasteiger partial charge in [-0.25, -0.2) is 9.78 Å². The molecule has 0 saturated carbocycles. The Kier molecular flexibility index (Phi) is 3.50. The van der Waals surface area contributed by atoms with E-state index in [-0.39, 0.29) is 17.7 Å². The molecule has 0 spiro atoms. The summed E-state index contributed by atoms with van der Waals surface area (Å²) in [6.07, 6.45) is 0. The molecule has 0 unspecified atom stereocenters. The smallest absolute Gasteiger partial charge is 0.324 e. The van der Waals surface area contributed by atoms with Crippen LogP contribution in [0.3, 0.4) is 0 Å². The monoisotopic (exact) mass is 306 g/mol. The highest BCUT2D eigenvalue weighted by Gasteiger charge is 2.26. The van der Waals surface area contributed by atoms with Crippen LogP contribution in [0.25, 0.3) is 5.78 Å². The van der Waals surface area contributed by atoms with Crippen LogP contribution < -0.4 is 5.32 Å². The average molecular weight is 306 g/mol. The third-order valence-electron chi connectivity index (χ3n) is 3.15. The molecule has 2 aromatic rings. The Bertz CT molecular complexity index is 728. The lowest BCUT2D eigenvalue weighted by Crippen LogP contribution is -2.35. The van der Waals surface area contributed by atoms with Gasteiger partial charge in [0, 0.05) is 24.5 Å². The van der Waals surface area contributed by atoms with Crippen LogP contribution in [0.2, 0.25) is 0 Å². The van der Waals surface area contributed by atoms with Gasteiger partial charge in [0.25, 0.3) is 5.78 Å². The minimum absolute atomic E-state index is 0.140. The molecule has 9 heteroatoms. The van der Waals surface area contributed by atoms with Crippen molar-refractivity contribution in [3.8, 4) is 0 Å². The number of aryl methyl sites for hydroxylation is 2. The zero-order valence-corrected chi connectivity index (χ0v) is 12.5. The maximum Gasteiger partial charge on any atom is 0.324 e. The summed E-state index contributed by atoms with van der Waals surface area (Å²) in [6.45, 7) is 4.75. The third kappa shape index (κ3) is 2.56. The van der Waals surface area contributed by atoms with Gasteiger partial charge in [-0.15, -0.1) is 10.2 Å². The Labute approximate surface area is 124 Å². The molecule has 21 heavy (non-hydrogen) atoms. The van der Waals surface area contributed by atoms with Crippen molar-refractivity contribution >= 4 is 29.5 Å². The largest absolute Gasteiger partial charge is 0.336 e. The molecule has 3 rings (SSSR count). The van der Waals surface area contributed by atoms with Gasteiger partial charge >= 0.3 is 6.03 Å². The minimum atomic E-state index is -0.333. The molecule has 1 saturated heterocycles. The lowest BCUT2D eigenvalue weighted by Gasteiger charge is -2.11. The molecular weight excluding hydrogens is 292 g/mol. The number of nitrogens with zero attached hydrogens (tertiary/aromatic N) is 5. The van der Waals surface area contributed by atoms with Crippen LogP contribution >= 0.6 is 11.8 Å². The number of urea groups is 1. The van der Waals surface area contributed by atoms with Gasteiger partial charge in [-0.1, -0.05) is 11.8 Å². The molecule has 2 aromatic heterocycles. The average Bonchev–Trinajstić information content (AvgIpc) is 3.02. The Morgan fingerprint density at radius 2 is 2.24 bits per heavy atom. The maximum absolute atomic E-state index is 12.0. The van der Waals surface area contributed by atoms with Crippen LogP contribution in [0.4, 0.5) is 4.79 Å². The number of fused-ring (bicyclic) bond motifs is 1. The first-order valence-electron chi connectivity index (χ1n) is 6.46. The van der Waals surface area contributed by atoms with Gasteiger partial charge in [0.2, 0.25) is 5.91 Å². The summed E-state index contributed by atoms with van der Waals surface area (Å²) in [5.41, 5.74) is 1.82. The Balaban J connectivity index is 1.77. The van der Waals surface area contributed by atoms with Crippen molar-refractivity contribution in [2.24, 2.45) is 0 Å². The van der Waals surface area contributed by atoms with Crippen molar-refractivity contribution in [2.75, 3.05) is 18.8 Å². The molecule has 0 bridgehead atoms. The minimum Gasteiger partial charge on any atom is -0.336 e. The van der Waals surface area contributed by atoms with Crippen LogP contribution in [0.1, 0.15) is 11.4 Å². The lowest BCUT2D eigenvalue weighted by atomic mass is 10.3. The topological polar surface area (TPSA) is 92.5 Å². The van der Waals surface area contributed by atoms with Gasteiger partial charge in [0.1, 0.15) is 0 Å². The molecule has 0 atom stereocenters. The predicted molar refractivity (Wildman–Crippen MR) is 76.1 cm³/mol. The number of carbonyl (C=O) groups excluding carboxylic acids is 2. The summed E-state index contributed by atoms with van der Waals surface area (Å²) in [4.78, 5) is 28.9. The summed E-state index contributed by atoms with van der Waals surface area (Å²) in [7, 11) is 0. The van der Waals surface area contributed by atoms with Crippen molar-refractivity contribution in [1.29, 1.82) is 0 Å². The second-order valence-electron chi connectivity index (χ2n) is 4.72. The van der Waals surface area contributed by atoms with Crippen LogP contribution in [-0.4, -0.2) is 55.3 Å². The first-order chi connectivity index (χ1) is 10.1. The number of carbonyl (C=O) groups is 2. The zero-order valence-electron chi connectivity index (χ0n) is 11.7. The number of rotatable bonds is 3. The van der Waals surface area contributed by atoms with E-state index in [0.717, 1.165) is 11.4 Å². The number of imide groups is 1. The SMILES string of the molecule is Cc1cc(C)n2c(SCC(=O)N3CCNC3=O)nnc2n1. The van der Waals surface area contributed by atoms with Gasteiger partial charge in [0.15, 0.2) is 5.16 Å². The zero-order chi connectivity index (χ0) is 15.0. The number of amides is 3. The van der Waals surface area contributed by atoms with Gasteiger partial charge < -0.3 is 5.32 Å². The molecule has 1 fully saturated rings. The summed E-state index contributed by atoms with van der Waals surface area (Å²) in [5, 5.41) is 11.3. The number of hydrogen-bond donors (Lipinski definition) is 1. The van der Waals surface area contributed by atoms with E-state index in [9.17, 15) is 9.59 Å². The number of hydrogen-bond acceptors (Lipinski definition) is 6. The molecule has 1 N–H and O–H groups in total. The van der Waals surface area contributed by atoms with Crippen molar-refractivity contribution < 1.29 is 9.59 Å². The third-order valence-corrected chi connectivity index (χ3v) is 4.06. The second-order valence-corrected chi connectivity index (χ2v) is 5.67. The maximum atomic E-state index is 12.0. The molecule has 3 heterocycles. The number of thioether (sulfide) groups is 1. The van der Waals surface area contributed by atoms with E-state index in [4.69, 9.17) is 0 Å². The first kappa shape index (κ1) is 13.8. The normalized spacial score (nSPS) is 14.8. The summed E-state index contributed by atoms with van der Waals surface area (Å²) < 4.78 is 1.80. The van der Waals surface area contributed by atoms with Crippen molar-refractivity contribution in [3.63, 3.8) is 0 Å². The highest BCUT2D eigenvalue weighted by molar-refractivity contribution is 7.99. The number of nitrogens with one attached hydrogen (secondary N) is 1. The molecule has 0 aliphatic carbocycles. The molecule has 110 valence electrons. The van der Waals surface area contributed by atoms with E-state index in [2.05, 4.69) is 20.5 Å². The summed E-state index contributed by atoms with van der Waals surface area (Å²) in [6, 6.07) is 1.59. The molecule has 0 radical (unpaired) electrons.